The molecule has 0 aliphatic rings. The fourth-order valence-corrected chi connectivity index (χ4v) is 2.62. The standard InChI is InChI=1S/C15H27N3OS/c1-6-7-16-14-12(5)15(20-9-11(4)8-19)18-13(17-14)10(2)3/h10-11,19H,6-9H2,1-5H3,(H,16,17,18). The highest BCUT2D eigenvalue weighted by Crippen LogP contribution is 2.28. The van der Waals surface area contributed by atoms with Gasteiger partial charge in [0, 0.05) is 30.4 Å². The molecule has 1 atom stereocenters. The molecular weight excluding hydrogens is 270 g/mol. The Hall–Kier alpha value is -0.810. The van der Waals surface area contributed by atoms with Crippen molar-refractivity contribution in [2.24, 2.45) is 5.92 Å². The topological polar surface area (TPSA) is 58.0 Å². The minimum Gasteiger partial charge on any atom is -0.396 e. The molecule has 5 heteroatoms. The summed E-state index contributed by atoms with van der Waals surface area (Å²) in [5.41, 5.74) is 1.11. The van der Waals surface area contributed by atoms with Gasteiger partial charge >= 0.3 is 0 Å². The molecule has 20 heavy (non-hydrogen) atoms. The minimum atomic E-state index is 0.217. The Morgan fingerprint density at radius 1 is 1.25 bits per heavy atom. The zero-order valence-electron chi connectivity index (χ0n) is 13.2. The van der Waals surface area contributed by atoms with Crippen LogP contribution >= 0.6 is 11.8 Å². The first-order valence-corrected chi connectivity index (χ1v) is 8.34. The second kappa shape index (κ2) is 8.47. The molecule has 0 aliphatic heterocycles. The second-order valence-electron chi connectivity index (χ2n) is 5.54. The van der Waals surface area contributed by atoms with Crippen LogP contribution < -0.4 is 5.32 Å². The molecule has 1 aromatic rings. The van der Waals surface area contributed by atoms with Crippen LogP contribution in [-0.4, -0.2) is 34.0 Å². The first kappa shape index (κ1) is 17.2. The second-order valence-corrected chi connectivity index (χ2v) is 6.55. The van der Waals surface area contributed by atoms with E-state index in [4.69, 9.17) is 5.11 Å². The fraction of sp³-hybridized carbons (Fsp3) is 0.733. The van der Waals surface area contributed by atoms with E-state index in [0.29, 0.717) is 5.92 Å². The Labute approximate surface area is 126 Å². The molecule has 0 saturated carbocycles. The van der Waals surface area contributed by atoms with E-state index >= 15 is 0 Å². The number of hydrogen-bond donors (Lipinski definition) is 2. The Kier molecular flexibility index (Phi) is 7.30. The number of aliphatic hydroxyl groups excluding tert-OH is 1. The van der Waals surface area contributed by atoms with Crippen molar-refractivity contribution in [1.82, 2.24) is 9.97 Å². The van der Waals surface area contributed by atoms with Crippen molar-refractivity contribution in [3.63, 3.8) is 0 Å². The Bertz CT molecular complexity index is 424. The van der Waals surface area contributed by atoms with Crippen molar-refractivity contribution < 1.29 is 5.11 Å². The summed E-state index contributed by atoms with van der Waals surface area (Å²) >= 11 is 1.71. The lowest BCUT2D eigenvalue weighted by Crippen LogP contribution is -2.10. The summed E-state index contributed by atoms with van der Waals surface area (Å²) < 4.78 is 0. The van der Waals surface area contributed by atoms with Crippen molar-refractivity contribution >= 4 is 17.6 Å². The van der Waals surface area contributed by atoms with Crippen LogP contribution in [0.5, 0.6) is 0 Å². The quantitative estimate of drug-likeness (QED) is 0.568. The summed E-state index contributed by atoms with van der Waals surface area (Å²) in [6.07, 6.45) is 1.07. The van der Waals surface area contributed by atoms with Gasteiger partial charge in [0.1, 0.15) is 16.7 Å². The van der Waals surface area contributed by atoms with E-state index in [0.717, 1.165) is 41.0 Å². The van der Waals surface area contributed by atoms with Gasteiger partial charge in [0.25, 0.3) is 0 Å². The van der Waals surface area contributed by atoms with Crippen molar-refractivity contribution in [3.05, 3.63) is 11.4 Å². The van der Waals surface area contributed by atoms with Gasteiger partial charge in [-0.2, -0.15) is 0 Å². The highest BCUT2D eigenvalue weighted by atomic mass is 32.2. The molecule has 1 unspecified atom stereocenters. The van der Waals surface area contributed by atoms with Gasteiger partial charge in [0.15, 0.2) is 0 Å². The van der Waals surface area contributed by atoms with Gasteiger partial charge in [-0.3, -0.25) is 0 Å². The number of aromatic nitrogens is 2. The van der Waals surface area contributed by atoms with E-state index in [-0.39, 0.29) is 12.5 Å². The number of aliphatic hydroxyl groups is 1. The maximum Gasteiger partial charge on any atom is 0.134 e. The summed E-state index contributed by atoms with van der Waals surface area (Å²) in [5, 5.41) is 13.6. The summed E-state index contributed by atoms with van der Waals surface area (Å²) in [4.78, 5) is 9.31. The zero-order valence-corrected chi connectivity index (χ0v) is 14.0. The maximum absolute atomic E-state index is 9.14. The number of thioether (sulfide) groups is 1. The Morgan fingerprint density at radius 3 is 2.50 bits per heavy atom. The maximum atomic E-state index is 9.14. The largest absolute Gasteiger partial charge is 0.396 e. The van der Waals surface area contributed by atoms with Gasteiger partial charge in [-0.25, -0.2) is 9.97 Å². The van der Waals surface area contributed by atoms with Crippen LogP contribution in [0, 0.1) is 12.8 Å². The minimum absolute atomic E-state index is 0.217. The Morgan fingerprint density at radius 2 is 1.95 bits per heavy atom. The third-order valence-corrected chi connectivity index (χ3v) is 4.40. The first-order valence-electron chi connectivity index (χ1n) is 7.35. The van der Waals surface area contributed by atoms with E-state index in [9.17, 15) is 0 Å². The molecule has 0 fully saturated rings. The first-order chi connectivity index (χ1) is 9.49. The molecule has 0 radical (unpaired) electrons. The van der Waals surface area contributed by atoms with E-state index < -0.39 is 0 Å². The van der Waals surface area contributed by atoms with Crippen LogP contribution in [0.3, 0.4) is 0 Å². The molecule has 0 aliphatic carbocycles. The predicted octanol–water partition coefficient (Wildman–Crippen LogP) is 3.45. The molecule has 4 nitrogen and oxygen atoms in total. The van der Waals surface area contributed by atoms with Gasteiger partial charge in [-0.15, -0.1) is 11.8 Å². The van der Waals surface area contributed by atoms with Gasteiger partial charge in [-0.1, -0.05) is 27.7 Å². The molecule has 0 spiro atoms. The van der Waals surface area contributed by atoms with Gasteiger partial charge < -0.3 is 10.4 Å². The third kappa shape index (κ3) is 4.94. The predicted molar refractivity (Wildman–Crippen MR) is 86.6 cm³/mol. The van der Waals surface area contributed by atoms with E-state index in [1.165, 1.54) is 0 Å². The molecule has 2 N–H and O–H groups in total. The molecule has 114 valence electrons. The molecule has 1 aromatic heterocycles. The SMILES string of the molecule is CCCNc1nc(C(C)C)nc(SCC(C)CO)c1C. The lowest BCUT2D eigenvalue weighted by molar-refractivity contribution is 0.250. The highest BCUT2D eigenvalue weighted by molar-refractivity contribution is 7.99. The summed E-state index contributed by atoms with van der Waals surface area (Å²) in [7, 11) is 0. The molecule has 0 bridgehead atoms. The number of anilines is 1. The lowest BCUT2D eigenvalue weighted by Gasteiger charge is -2.15. The molecule has 0 aromatic carbocycles. The van der Waals surface area contributed by atoms with Crippen LogP contribution in [-0.2, 0) is 0 Å². The average molecular weight is 297 g/mol. The van der Waals surface area contributed by atoms with Gasteiger partial charge in [-0.05, 0) is 19.3 Å². The molecule has 0 amide bonds. The van der Waals surface area contributed by atoms with Gasteiger partial charge in [0.2, 0.25) is 0 Å². The van der Waals surface area contributed by atoms with E-state index in [1.54, 1.807) is 11.8 Å². The molecular formula is C15H27N3OS. The van der Waals surface area contributed by atoms with Crippen molar-refractivity contribution in [2.75, 3.05) is 24.2 Å². The number of hydrogen-bond acceptors (Lipinski definition) is 5. The van der Waals surface area contributed by atoms with Crippen molar-refractivity contribution in [2.45, 2.75) is 52.0 Å². The molecule has 0 saturated heterocycles. The van der Waals surface area contributed by atoms with Crippen LogP contribution in [0.4, 0.5) is 5.82 Å². The monoisotopic (exact) mass is 297 g/mol. The average Bonchev–Trinajstić information content (AvgIpc) is 2.44. The molecule has 1 heterocycles. The van der Waals surface area contributed by atoms with Crippen molar-refractivity contribution in [1.29, 1.82) is 0 Å². The Balaban J connectivity index is 2.98. The zero-order chi connectivity index (χ0) is 15.1. The number of nitrogens with zero attached hydrogens (tertiary/aromatic N) is 2. The molecule has 1 rings (SSSR count). The van der Waals surface area contributed by atoms with E-state index in [1.807, 2.05) is 6.92 Å². The van der Waals surface area contributed by atoms with Crippen LogP contribution in [0.15, 0.2) is 5.03 Å². The fourth-order valence-electron chi connectivity index (χ4n) is 1.60. The summed E-state index contributed by atoms with van der Waals surface area (Å²) in [6.45, 7) is 11.6. The third-order valence-electron chi connectivity index (χ3n) is 2.99. The van der Waals surface area contributed by atoms with Crippen LogP contribution in [0.2, 0.25) is 0 Å². The van der Waals surface area contributed by atoms with Crippen LogP contribution in [0.1, 0.15) is 51.4 Å². The summed E-state index contributed by atoms with van der Waals surface area (Å²) in [5.74, 6) is 3.30. The van der Waals surface area contributed by atoms with Crippen molar-refractivity contribution in [3.8, 4) is 0 Å². The highest BCUT2D eigenvalue weighted by Gasteiger charge is 2.14. The van der Waals surface area contributed by atoms with Crippen LogP contribution in [0.25, 0.3) is 0 Å². The summed E-state index contributed by atoms with van der Waals surface area (Å²) in [6, 6.07) is 0. The van der Waals surface area contributed by atoms with Gasteiger partial charge in [0.05, 0.1) is 0 Å². The number of nitrogens with one attached hydrogen (secondary N) is 1. The number of rotatable bonds is 8. The smallest absolute Gasteiger partial charge is 0.134 e. The normalized spacial score (nSPS) is 12.8. The lowest BCUT2D eigenvalue weighted by atomic mass is 10.2. The van der Waals surface area contributed by atoms with E-state index in [2.05, 4.69) is 43.0 Å².